The predicted molar refractivity (Wildman–Crippen MR) is 76.5 cm³/mol. The van der Waals surface area contributed by atoms with Gasteiger partial charge < -0.3 is 5.32 Å². The summed E-state index contributed by atoms with van der Waals surface area (Å²) in [5.41, 5.74) is 0. The molecule has 17 heavy (non-hydrogen) atoms. The molecular weight excluding hydrogens is 208 g/mol. The van der Waals surface area contributed by atoms with Gasteiger partial charge >= 0.3 is 0 Å². The van der Waals surface area contributed by atoms with Crippen LogP contribution in [0.3, 0.4) is 0 Å². The Morgan fingerprint density at radius 1 is 1.00 bits per heavy atom. The Morgan fingerprint density at radius 3 is 2.29 bits per heavy atom. The van der Waals surface area contributed by atoms with E-state index in [0.717, 1.165) is 18.6 Å². The van der Waals surface area contributed by atoms with Crippen molar-refractivity contribution in [1.29, 1.82) is 0 Å². The SMILES string of the molecule is CCCN(CC)C1CCCCCCC1NCC. The van der Waals surface area contributed by atoms with E-state index in [0.29, 0.717) is 0 Å². The first kappa shape index (κ1) is 15.0. The molecule has 2 unspecified atom stereocenters. The van der Waals surface area contributed by atoms with Crippen molar-refractivity contribution >= 4 is 0 Å². The number of nitrogens with one attached hydrogen (secondary N) is 1. The van der Waals surface area contributed by atoms with E-state index in [9.17, 15) is 0 Å². The smallest absolute Gasteiger partial charge is 0.0249 e. The van der Waals surface area contributed by atoms with Crippen LogP contribution in [0.25, 0.3) is 0 Å². The minimum absolute atomic E-state index is 0.729. The lowest BCUT2D eigenvalue weighted by atomic mass is 9.91. The van der Waals surface area contributed by atoms with Crippen LogP contribution in [0, 0.1) is 0 Å². The van der Waals surface area contributed by atoms with Gasteiger partial charge in [-0.2, -0.15) is 0 Å². The molecule has 0 heterocycles. The number of likely N-dealkylation sites (N-methyl/N-ethyl adjacent to an activating group) is 2. The van der Waals surface area contributed by atoms with Crippen LogP contribution in [-0.2, 0) is 0 Å². The standard InChI is InChI=1S/C15H32N2/c1-4-13-17(6-3)15-12-10-8-7-9-11-14(15)16-5-2/h14-16H,4-13H2,1-3H3. The highest BCUT2D eigenvalue weighted by atomic mass is 15.2. The van der Waals surface area contributed by atoms with Crippen LogP contribution >= 0.6 is 0 Å². The van der Waals surface area contributed by atoms with Gasteiger partial charge in [0.2, 0.25) is 0 Å². The minimum atomic E-state index is 0.729. The Labute approximate surface area is 108 Å². The number of hydrogen-bond donors (Lipinski definition) is 1. The Morgan fingerprint density at radius 2 is 1.71 bits per heavy atom. The van der Waals surface area contributed by atoms with Gasteiger partial charge in [0.15, 0.2) is 0 Å². The van der Waals surface area contributed by atoms with Crippen molar-refractivity contribution in [2.24, 2.45) is 0 Å². The maximum absolute atomic E-state index is 3.73. The maximum Gasteiger partial charge on any atom is 0.0249 e. The van der Waals surface area contributed by atoms with Gasteiger partial charge in [0.25, 0.3) is 0 Å². The topological polar surface area (TPSA) is 15.3 Å². The molecule has 0 aromatic heterocycles. The Balaban J connectivity index is 2.63. The first-order valence-corrected chi connectivity index (χ1v) is 7.80. The third-order valence-electron chi connectivity index (χ3n) is 4.08. The molecule has 2 nitrogen and oxygen atoms in total. The monoisotopic (exact) mass is 240 g/mol. The molecule has 0 aromatic rings. The van der Waals surface area contributed by atoms with Gasteiger partial charge in [-0.3, -0.25) is 4.90 Å². The normalized spacial score (nSPS) is 26.8. The van der Waals surface area contributed by atoms with Crippen molar-refractivity contribution in [3.05, 3.63) is 0 Å². The van der Waals surface area contributed by atoms with Gasteiger partial charge in [-0.1, -0.05) is 46.5 Å². The van der Waals surface area contributed by atoms with Crippen LogP contribution in [0.1, 0.15) is 65.7 Å². The van der Waals surface area contributed by atoms with E-state index in [-0.39, 0.29) is 0 Å². The second-order valence-corrected chi connectivity index (χ2v) is 5.35. The fraction of sp³-hybridized carbons (Fsp3) is 1.00. The quantitative estimate of drug-likeness (QED) is 0.765. The lowest BCUT2D eigenvalue weighted by Gasteiger charge is -2.38. The van der Waals surface area contributed by atoms with E-state index in [2.05, 4.69) is 31.0 Å². The summed E-state index contributed by atoms with van der Waals surface area (Å²) < 4.78 is 0. The second kappa shape index (κ2) is 8.93. The lowest BCUT2D eigenvalue weighted by molar-refractivity contribution is 0.140. The molecule has 0 radical (unpaired) electrons. The largest absolute Gasteiger partial charge is 0.313 e. The van der Waals surface area contributed by atoms with E-state index >= 15 is 0 Å². The summed E-state index contributed by atoms with van der Waals surface area (Å²) in [7, 11) is 0. The molecule has 1 aliphatic rings. The third-order valence-corrected chi connectivity index (χ3v) is 4.08. The molecule has 1 N–H and O–H groups in total. The predicted octanol–water partition coefficient (Wildman–Crippen LogP) is 3.42. The molecule has 1 rings (SSSR count). The summed E-state index contributed by atoms with van der Waals surface area (Å²) >= 11 is 0. The van der Waals surface area contributed by atoms with Crippen LogP contribution in [0.5, 0.6) is 0 Å². The zero-order valence-electron chi connectivity index (χ0n) is 12.2. The van der Waals surface area contributed by atoms with E-state index < -0.39 is 0 Å². The average Bonchev–Trinajstić information content (AvgIpc) is 2.31. The molecule has 0 bridgehead atoms. The van der Waals surface area contributed by atoms with Crippen LogP contribution in [0.2, 0.25) is 0 Å². The molecule has 1 aliphatic carbocycles. The molecule has 0 aromatic carbocycles. The van der Waals surface area contributed by atoms with Crippen LogP contribution < -0.4 is 5.32 Å². The van der Waals surface area contributed by atoms with Crippen LogP contribution in [0.4, 0.5) is 0 Å². The zero-order valence-corrected chi connectivity index (χ0v) is 12.2. The summed E-state index contributed by atoms with van der Waals surface area (Å²) in [6.45, 7) is 10.4. The maximum atomic E-state index is 3.73. The molecule has 1 fully saturated rings. The van der Waals surface area contributed by atoms with Gasteiger partial charge in [-0.15, -0.1) is 0 Å². The van der Waals surface area contributed by atoms with Crippen LogP contribution in [-0.4, -0.2) is 36.6 Å². The number of nitrogens with zero attached hydrogens (tertiary/aromatic N) is 1. The van der Waals surface area contributed by atoms with E-state index in [1.165, 1.54) is 58.0 Å². The van der Waals surface area contributed by atoms with Crippen molar-refractivity contribution in [2.75, 3.05) is 19.6 Å². The summed E-state index contributed by atoms with van der Waals surface area (Å²) in [4.78, 5) is 2.71. The van der Waals surface area contributed by atoms with E-state index in [4.69, 9.17) is 0 Å². The molecule has 1 saturated carbocycles. The Hall–Kier alpha value is -0.0800. The molecule has 0 saturated heterocycles. The van der Waals surface area contributed by atoms with Gasteiger partial charge in [0, 0.05) is 12.1 Å². The van der Waals surface area contributed by atoms with Crippen molar-refractivity contribution in [3.63, 3.8) is 0 Å². The van der Waals surface area contributed by atoms with Crippen molar-refractivity contribution < 1.29 is 0 Å². The summed E-state index contributed by atoms with van der Waals surface area (Å²) in [6, 6.07) is 1.51. The highest BCUT2D eigenvalue weighted by Crippen LogP contribution is 2.22. The van der Waals surface area contributed by atoms with Crippen molar-refractivity contribution in [2.45, 2.75) is 77.8 Å². The summed E-state index contributed by atoms with van der Waals surface area (Å²) in [5.74, 6) is 0. The molecule has 2 heteroatoms. The third kappa shape index (κ3) is 4.97. The molecule has 102 valence electrons. The minimum Gasteiger partial charge on any atom is -0.313 e. The van der Waals surface area contributed by atoms with Crippen LogP contribution in [0.15, 0.2) is 0 Å². The number of rotatable bonds is 6. The molecule has 0 aliphatic heterocycles. The highest BCUT2D eigenvalue weighted by Gasteiger charge is 2.26. The van der Waals surface area contributed by atoms with Gasteiger partial charge in [0.05, 0.1) is 0 Å². The van der Waals surface area contributed by atoms with Crippen molar-refractivity contribution in [1.82, 2.24) is 10.2 Å². The second-order valence-electron chi connectivity index (χ2n) is 5.35. The first-order valence-electron chi connectivity index (χ1n) is 7.80. The Bertz CT molecular complexity index is 182. The highest BCUT2D eigenvalue weighted by molar-refractivity contribution is 4.85. The molecule has 2 atom stereocenters. The van der Waals surface area contributed by atoms with E-state index in [1.807, 2.05) is 0 Å². The molecule has 0 amide bonds. The first-order chi connectivity index (χ1) is 8.33. The van der Waals surface area contributed by atoms with Gasteiger partial charge in [-0.25, -0.2) is 0 Å². The van der Waals surface area contributed by atoms with Gasteiger partial charge in [-0.05, 0) is 38.9 Å². The molecule has 0 spiro atoms. The fourth-order valence-corrected chi connectivity index (χ4v) is 3.25. The van der Waals surface area contributed by atoms with Crippen molar-refractivity contribution in [3.8, 4) is 0 Å². The lowest BCUT2D eigenvalue weighted by Crippen LogP contribution is -2.50. The van der Waals surface area contributed by atoms with Gasteiger partial charge in [0.1, 0.15) is 0 Å². The molecular formula is C15H32N2. The zero-order chi connectivity index (χ0) is 12.5. The Kier molecular flexibility index (Phi) is 7.87. The summed E-state index contributed by atoms with van der Waals surface area (Å²) in [5, 5.41) is 3.73. The van der Waals surface area contributed by atoms with E-state index in [1.54, 1.807) is 0 Å². The summed E-state index contributed by atoms with van der Waals surface area (Å²) in [6.07, 6.45) is 9.77. The number of hydrogen-bond acceptors (Lipinski definition) is 2. The fourth-order valence-electron chi connectivity index (χ4n) is 3.25. The average molecular weight is 240 g/mol.